The fraction of sp³-hybridized carbons (Fsp3) is 0.526. The predicted octanol–water partition coefficient (Wildman–Crippen LogP) is 0.939. The molecule has 0 unspecified atom stereocenters. The van der Waals surface area contributed by atoms with Crippen LogP contribution >= 0.6 is 0 Å². The number of nitrogens with one attached hydrogen (secondary N) is 2. The summed E-state index contributed by atoms with van der Waals surface area (Å²) >= 11 is 0. The van der Waals surface area contributed by atoms with Crippen molar-refractivity contribution in [2.75, 3.05) is 34.0 Å². The molecule has 33 heavy (non-hydrogen) atoms. The molecule has 0 atom stereocenters. The van der Waals surface area contributed by atoms with Gasteiger partial charge in [0.1, 0.15) is 19.3 Å². The van der Waals surface area contributed by atoms with Gasteiger partial charge in [-0.15, -0.1) is 31.4 Å². The summed E-state index contributed by atoms with van der Waals surface area (Å²) in [5.41, 5.74) is 3.86. The molecule has 188 valence electrons. The Balaban J connectivity index is 0. The Morgan fingerprint density at radius 3 is 1.79 bits per heavy atom. The van der Waals surface area contributed by atoms with E-state index in [0.717, 1.165) is 0 Å². The maximum absolute atomic E-state index is 11.7. The topological polar surface area (TPSA) is 168 Å². The highest BCUT2D eigenvalue weighted by molar-refractivity contribution is 6.01. The van der Waals surface area contributed by atoms with E-state index >= 15 is 0 Å². The van der Waals surface area contributed by atoms with Crippen molar-refractivity contribution in [3.8, 4) is 0 Å². The first-order chi connectivity index (χ1) is 15.9. The average Bonchev–Trinajstić information content (AvgIpc) is 3.13. The van der Waals surface area contributed by atoms with Crippen LogP contribution in [0.4, 0.5) is 9.59 Å². The van der Waals surface area contributed by atoms with Gasteiger partial charge in [0, 0.05) is 19.4 Å². The first-order valence-corrected chi connectivity index (χ1v) is 9.47. The molecule has 1 aliphatic rings. The lowest BCUT2D eigenvalue weighted by atomic mass is 10.3. The van der Waals surface area contributed by atoms with E-state index in [1.165, 1.54) is 14.2 Å². The highest BCUT2D eigenvalue weighted by Crippen LogP contribution is 2.13. The number of hydrogen-bond donors (Lipinski definition) is 2. The maximum Gasteiger partial charge on any atom is 0.431 e. The monoisotopic (exact) mass is 477 g/mol. The Bertz CT molecular complexity index is 590. The Kier molecular flexibility index (Phi) is 19.6. The number of carbonyl (C=O) groups excluding carboxylic acids is 5. The lowest BCUT2D eigenvalue weighted by molar-refractivity contribution is -0.197. The predicted molar refractivity (Wildman–Crippen MR) is 112 cm³/mol. The van der Waals surface area contributed by atoms with E-state index in [9.17, 15) is 24.0 Å². The van der Waals surface area contributed by atoms with E-state index in [-0.39, 0.29) is 45.5 Å². The maximum atomic E-state index is 11.7. The molecule has 0 saturated carbocycles. The molecule has 1 fully saturated rings. The van der Waals surface area contributed by atoms with Crippen LogP contribution in [0.2, 0.25) is 0 Å². The van der Waals surface area contributed by atoms with Crippen molar-refractivity contribution in [3.63, 3.8) is 0 Å². The Morgan fingerprint density at radius 2 is 1.36 bits per heavy atom. The van der Waals surface area contributed by atoms with Gasteiger partial charge in [-0.2, -0.15) is 11.0 Å². The van der Waals surface area contributed by atoms with Gasteiger partial charge in [-0.3, -0.25) is 19.3 Å². The zero-order valence-corrected chi connectivity index (χ0v) is 18.8. The summed E-state index contributed by atoms with van der Waals surface area (Å²) in [5.74, 6) is -1.92. The molecule has 2 N–H and O–H groups in total. The first kappa shape index (κ1) is 31.7. The van der Waals surface area contributed by atoms with Crippen molar-refractivity contribution in [1.29, 1.82) is 0 Å². The summed E-state index contributed by atoms with van der Waals surface area (Å²) < 4.78 is 15.0. The number of carbonyl (C=O) groups is 5. The van der Waals surface area contributed by atoms with E-state index in [0.29, 0.717) is 5.06 Å². The van der Waals surface area contributed by atoms with Crippen LogP contribution < -0.4 is 11.0 Å². The summed E-state index contributed by atoms with van der Waals surface area (Å²) in [5, 5.41) is 0.455. The molecule has 14 heteroatoms. The number of ether oxygens (including phenoxy) is 3. The van der Waals surface area contributed by atoms with Crippen LogP contribution in [0.25, 0.3) is 0 Å². The van der Waals surface area contributed by atoms with E-state index in [4.69, 9.17) is 19.0 Å². The number of hydroxylamine groups is 4. The number of imide groups is 1. The second kappa shape index (κ2) is 20.4. The van der Waals surface area contributed by atoms with Gasteiger partial charge in [-0.05, 0) is 6.42 Å². The minimum Gasteiger partial charge on any atom is -0.445 e. The normalized spacial score (nSPS) is 12.0. The van der Waals surface area contributed by atoms with Crippen molar-refractivity contribution < 1.29 is 52.7 Å². The van der Waals surface area contributed by atoms with E-state index in [1.54, 1.807) is 0 Å². The van der Waals surface area contributed by atoms with Crippen molar-refractivity contribution in [3.05, 3.63) is 26.3 Å². The molecule has 14 nitrogen and oxygen atoms in total. The third-order valence-electron chi connectivity index (χ3n) is 3.25. The molecule has 0 aliphatic carbocycles. The van der Waals surface area contributed by atoms with Gasteiger partial charge in [-0.1, -0.05) is 0 Å². The van der Waals surface area contributed by atoms with Crippen LogP contribution in [0, 0.1) is 0 Å². The van der Waals surface area contributed by atoms with E-state index in [2.05, 4.69) is 36.0 Å². The van der Waals surface area contributed by atoms with Crippen molar-refractivity contribution in [2.45, 2.75) is 31.8 Å². The highest BCUT2D eigenvalue weighted by Gasteiger charge is 2.32. The van der Waals surface area contributed by atoms with Crippen molar-refractivity contribution >= 4 is 30.0 Å². The van der Waals surface area contributed by atoms with Gasteiger partial charge in [-0.25, -0.2) is 14.4 Å². The molecule has 0 bridgehead atoms. The van der Waals surface area contributed by atoms with Gasteiger partial charge in [0.15, 0.2) is 0 Å². The molecule has 0 aromatic rings. The fourth-order valence-electron chi connectivity index (χ4n) is 1.98. The molecule has 1 saturated heterocycles. The Hall–Kier alpha value is -3.49. The minimum atomic E-state index is -0.883. The minimum absolute atomic E-state index is 0.00417. The number of amides is 4. The highest BCUT2D eigenvalue weighted by atomic mass is 16.7. The van der Waals surface area contributed by atoms with Gasteiger partial charge in [0.2, 0.25) is 0 Å². The summed E-state index contributed by atoms with van der Waals surface area (Å²) in [4.78, 5) is 70.4. The van der Waals surface area contributed by atoms with Gasteiger partial charge >= 0.3 is 18.2 Å². The molecule has 0 spiro atoms. The fourth-order valence-corrected chi connectivity index (χ4v) is 1.98. The van der Waals surface area contributed by atoms with Crippen molar-refractivity contribution in [2.24, 2.45) is 0 Å². The lowest BCUT2D eigenvalue weighted by Gasteiger charge is -2.18. The van der Waals surface area contributed by atoms with E-state index < -0.39 is 36.1 Å². The Labute approximate surface area is 191 Å². The van der Waals surface area contributed by atoms with Crippen LogP contribution in [0.1, 0.15) is 25.7 Å². The molecule has 1 heterocycles. The lowest BCUT2D eigenvalue weighted by Crippen LogP contribution is -2.34. The number of rotatable bonds is 12. The van der Waals surface area contributed by atoms with Crippen LogP contribution in [0.5, 0.6) is 0 Å². The SMILES string of the molecule is C=C.C=C.CONC(=O)OCC(COC(=O)NOC)OCCCC(=O)ON1C(=O)CCC1=O. The van der Waals surface area contributed by atoms with Crippen LogP contribution in [-0.2, 0) is 43.1 Å². The van der Waals surface area contributed by atoms with Crippen LogP contribution in [-0.4, -0.2) is 75.2 Å². The molecule has 0 radical (unpaired) electrons. The second-order valence-electron chi connectivity index (χ2n) is 5.45. The second-order valence-corrected chi connectivity index (χ2v) is 5.45. The number of nitrogens with zero attached hydrogens (tertiary/aromatic N) is 1. The molecular weight excluding hydrogens is 446 g/mol. The molecule has 1 rings (SSSR count). The standard InChI is InChI=1S/C15H23N3O11.2C2H4/c1-24-16-14(22)27-8-10(9-28-15(23)17-25-2)26-7-3-4-13(21)29-18-11(19)5-6-12(18)20;2*1-2/h10H,3-9H2,1-2H3,(H,16,22)(H,17,23);2*1-2H2. The van der Waals surface area contributed by atoms with Gasteiger partial charge in [0.25, 0.3) is 11.8 Å². The summed E-state index contributed by atoms with van der Waals surface area (Å²) in [6, 6.07) is 0. The van der Waals surface area contributed by atoms with Gasteiger partial charge in [0.05, 0.1) is 20.6 Å². The van der Waals surface area contributed by atoms with Crippen LogP contribution in [0.3, 0.4) is 0 Å². The summed E-state index contributed by atoms with van der Waals surface area (Å²) in [6.45, 7) is 11.4. The van der Waals surface area contributed by atoms with Crippen molar-refractivity contribution in [1.82, 2.24) is 16.0 Å². The largest absolute Gasteiger partial charge is 0.445 e. The summed E-state index contributed by atoms with van der Waals surface area (Å²) in [6.07, 6.45) is -2.58. The zero-order chi connectivity index (χ0) is 25.6. The molecule has 1 aliphatic heterocycles. The molecule has 4 amide bonds. The smallest absolute Gasteiger partial charge is 0.431 e. The quantitative estimate of drug-likeness (QED) is 0.178. The zero-order valence-electron chi connectivity index (χ0n) is 18.8. The van der Waals surface area contributed by atoms with E-state index in [1.807, 2.05) is 11.0 Å². The third-order valence-corrected chi connectivity index (χ3v) is 3.25. The van der Waals surface area contributed by atoms with Crippen LogP contribution in [0.15, 0.2) is 26.3 Å². The summed E-state index contributed by atoms with van der Waals surface area (Å²) in [7, 11) is 2.44. The third kappa shape index (κ3) is 15.0. The molecular formula is C19H31N3O11. The molecule has 0 aromatic carbocycles. The number of hydrogen-bond acceptors (Lipinski definition) is 11. The Morgan fingerprint density at radius 1 is 0.909 bits per heavy atom. The average molecular weight is 477 g/mol. The van der Waals surface area contributed by atoms with Gasteiger partial charge < -0.3 is 19.0 Å². The first-order valence-electron chi connectivity index (χ1n) is 9.47. The molecule has 0 aromatic heterocycles.